The number of unbranched alkanes of at least 4 members (excludes halogenated alkanes) is 1. The number of nitrogens with one attached hydrogen (secondary N) is 1. The first kappa shape index (κ1) is 13.2. The Morgan fingerprint density at radius 2 is 2.12 bits per heavy atom. The Balaban J connectivity index is 2.21. The summed E-state index contributed by atoms with van der Waals surface area (Å²) in [6.07, 6.45) is 2.25. The second-order valence-corrected chi connectivity index (χ2v) is 4.86. The second-order valence-electron chi connectivity index (χ2n) is 3.61. The van der Waals surface area contributed by atoms with Crippen molar-refractivity contribution >= 4 is 17.3 Å². The fourth-order valence-corrected chi connectivity index (χ4v) is 2.35. The highest BCUT2D eigenvalue weighted by molar-refractivity contribution is 7.12. The highest BCUT2D eigenvalue weighted by atomic mass is 32.1. The van der Waals surface area contributed by atoms with Crippen LogP contribution in [0.1, 0.15) is 22.6 Å². The van der Waals surface area contributed by atoms with Gasteiger partial charge in [-0.1, -0.05) is 0 Å². The Labute approximate surface area is 99.5 Å². The summed E-state index contributed by atoms with van der Waals surface area (Å²) in [5.74, 6) is -0.774. The zero-order valence-corrected chi connectivity index (χ0v) is 10.1. The Hall–Kier alpha value is -0.910. The fraction of sp³-hybridized carbons (Fsp3) is 0.545. The van der Waals surface area contributed by atoms with Crippen LogP contribution in [0.15, 0.2) is 12.1 Å². The zero-order valence-electron chi connectivity index (χ0n) is 9.24. The van der Waals surface area contributed by atoms with E-state index in [2.05, 4.69) is 5.32 Å². The Kier molecular flexibility index (Phi) is 6.07. The summed E-state index contributed by atoms with van der Waals surface area (Å²) < 4.78 is 0. The van der Waals surface area contributed by atoms with E-state index in [1.165, 1.54) is 4.88 Å². The lowest BCUT2D eigenvalue weighted by Crippen LogP contribution is -2.15. The summed E-state index contributed by atoms with van der Waals surface area (Å²) in [5, 5.41) is 11.9. The molecule has 16 heavy (non-hydrogen) atoms. The highest BCUT2D eigenvalue weighted by Gasteiger charge is 2.03. The van der Waals surface area contributed by atoms with E-state index >= 15 is 0 Å². The molecule has 1 rings (SSSR count). The number of carbonyl (C=O) groups is 1. The van der Waals surface area contributed by atoms with Crippen LogP contribution in [0.5, 0.6) is 0 Å². The second kappa shape index (κ2) is 7.38. The van der Waals surface area contributed by atoms with Gasteiger partial charge in [0.05, 0.1) is 6.42 Å². The number of nitrogens with two attached hydrogens (primary N) is 1. The molecule has 0 saturated heterocycles. The minimum atomic E-state index is -0.774. The first-order chi connectivity index (χ1) is 7.72. The number of hydrogen-bond acceptors (Lipinski definition) is 4. The Morgan fingerprint density at radius 3 is 2.81 bits per heavy atom. The van der Waals surface area contributed by atoms with Crippen LogP contribution in [0.3, 0.4) is 0 Å². The fourth-order valence-electron chi connectivity index (χ4n) is 1.37. The van der Waals surface area contributed by atoms with Crippen LogP contribution in [-0.2, 0) is 17.8 Å². The molecule has 0 unspecified atom stereocenters. The first-order valence-electron chi connectivity index (χ1n) is 5.42. The molecule has 0 saturated carbocycles. The smallest absolute Gasteiger partial charge is 0.308 e. The van der Waals surface area contributed by atoms with Crippen molar-refractivity contribution in [2.24, 2.45) is 5.73 Å². The SMILES string of the molecule is NCCCCNCc1ccc(CC(=O)O)s1. The molecular weight excluding hydrogens is 224 g/mol. The van der Waals surface area contributed by atoms with Gasteiger partial charge in [0.25, 0.3) is 0 Å². The van der Waals surface area contributed by atoms with Crippen molar-refractivity contribution in [2.45, 2.75) is 25.8 Å². The van der Waals surface area contributed by atoms with Gasteiger partial charge in [0.1, 0.15) is 0 Å². The van der Waals surface area contributed by atoms with Crippen LogP contribution in [0, 0.1) is 0 Å². The molecule has 1 aromatic heterocycles. The first-order valence-corrected chi connectivity index (χ1v) is 6.24. The summed E-state index contributed by atoms with van der Waals surface area (Å²) in [7, 11) is 0. The minimum Gasteiger partial charge on any atom is -0.481 e. The number of rotatable bonds is 8. The maximum absolute atomic E-state index is 10.5. The Morgan fingerprint density at radius 1 is 1.38 bits per heavy atom. The number of carboxylic acid groups (broad SMARTS) is 1. The van der Waals surface area contributed by atoms with Crippen LogP contribution in [-0.4, -0.2) is 24.2 Å². The van der Waals surface area contributed by atoms with Gasteiger partial charge >= 0.3 is 5.97 Å². The van der Waals surface area contributed by atoms with E-state index in [1.807, 2.05) is 12.1 Å². The molecule has 0 bridgehead atoms. The summed E-state index contributed by atoms with van der Waals surface area (Å²) in [6.45, 7) is 2.52. The molecule has 0 aromatic carbocycles. The summed E-state index contributed by atoms with van der Waals surface area (Å²) >= 11 is 1.56. The largest absolute Gasteiger partial charge is 0.481 e. The predicted octanol–water partition coefficient (Wildman–Crippen LogP) is 1.20. The van der Waals surface area contributed by atoms with Crippen molar-refractivity contribution < 1.29 is 9.90 Å². The molecule has 1 heterocycles. The van der Waals surface area contributed by atoms with Gasteiger partial charge in [-0.2, -0.15) is 0 Å². The van der Waals surface area contributed by atoms with E-state index in [4.69, 9.17) is 10.8 Å². The average molecular weight is 242 g/mol. The molecule has 90 valence electrons. The third-order valence-electron chi connectivity index (χ3n) is 2.15. The Bertz CT molecular complexity index is 326. The van der Waals surface area contributed by atoms with E-state index in [0.29, 0.717) is 0 Å². The number of hydrogen-bond donors (Lipinski definition) is 3. The molecular formula is C11H18N2O2S. The molecule has 0 atom stereocenters. The molecule has 4 nitrogen and oxygen atoms in total. The molecule has 0 fully saturated rings. The monoisotopic (exact) mass is 242 g/mol. The van der Waals surface area contributed by atoms with Crippen molar-refractivity contribution in [3.8, 4) is 0 Å². The van der Waals surface area contributed by atoms with Gasteiger partial charge < -0.3 is 16.2 Å². The summed E-state index contributed by atoms with van der Waals surface area (Å²) in [4.78, 5) is 12.6. The molecule has 0 radical (unpaired) electrons. The van der Waals surface area contributed by atoms with Crippen molar-refractivity contribution in [1.82, 2.24) is 5.32 Å². The molecule has 0 amide bonds. The van der Waals surface area contributed by atoms with Crippen molar-refractivity contribution in [3.63, 3.8) is 0 Å². The number of thiophene rings is 1. The molecule has 5 heteroatoms. The highest BCUT2D eigenvalue weighted by Crippen LogP contribution is 2.16. The third-order valence-corrected chi connectivity index (χ3v) is 3.23. The zero-order chi connectivity index (χ0) is 11.8. The third kappa shape index (κ3) is 5.25. The van der Waals surface area contributed by atoms with Crippen molar-refractivity contribution in [1.29, 1.82) is 0 Å². The van der Waals surface area contributed by atoms with Gasteiger partial charge in [-0.25, -0.2) is 0 Å². The average Bonchev–Trinajstić information content (AvgIpc) is 2.64. The van der Waals surface area contributed by atoms with Gasteiger partial charge in [0.15, 0.2) is 0 Å². The van der Waals surface area contributed by atoms with Gasteiger partial charge in [0.2, 0.25) is 0 Å². The predicted molar refractivity (Wildman–Crippen MR) is 65.7 cm³/mol. The summed E-state index contributed by atoms with van der Waals surface area (Å²) in [5.41, 5.74) is 5.39. The van der Waals surface area contributed by atoms with Crippen LogP contribution in [0.25, 0.3) is 0 Å². The standard InChI is InChI=1S/C11H18N2O2S/c12-5-1-2-6-13-8-10-4-3-9(16-10)7-11(14)15/h3-4,13H,1-2,5-8,12H2,(H,14,15). The molecule has 0 aliphatic heterocycles. The van der Waals surface area contributed by atoms with Gasteiger partial charge in [-0.05, 0) is 38.1 Å². The lowest BCUT2D eigenvalue weighted by molar-refractivity contribution is -0.136. The van der Waals surface area contributed by atoms with Crippen LogP contribution in [0.4, 0.5) is 0 Å². The maximum Gasteiger partial charge on any atom is 0.308 e. The molecule has 0 aliphatic rings. The quantitative estimate of drug-likeness (QED) is 0.599. The molecule has 1 aromatic rings. The van der Waals surface area contributed by atoms with E-state index in [1.54, 1.807) is 11.3 Å². The van der Waals surface area contributed by atoms with Crippen molar-refractivity contribution in [3.05, 3.63) is 21.9 Å². The maximum atomic E-state index is 10.5. The van der Waals surface area contributed by atoms with E-state index in [0.717, 1.165) is 37.4 Å². The summed E-state index contributed by atoms with van der Waals surface area (Å²) in [6, 6.07) is 3.87. The topological polar surface area (TPSA) is 75.3 Å². The van der Waals surface area contributed by atoms with Crippen LogP contribution in [0.2, 0.25) is 0 Å². The van der Waals surface area contributed by atoms with Gasteiger partial charge in [-0.3, -0.25) is 4.79 Å². The molecule has 4 N–H and O–H groups in total. The van der Waals surface area contributed by atoms with E-state index < -0.39 is 5.97 Å². The molecule has 0 aliphatic carbocycles. The van der Waals surface area contributed by atoms with Crippen LogP contribution >= 0.6 is 11.3 Å². The minimum absolute atomic E-state index is 0.123. The molecule has 0 spiro atoms. The number of aliphatic carboxylic acids is 1. The van der Waals surface area contributed by atoms with Crippen molar-refractivity contribution in [2.75, 3.05) is 13.1 Å². The normalized spacial score (nSPS) is 10.6. The van der Waals surface area contributed by atoms with E-state index in [9.17, 15) is 4.79 Å². The lowest BCUT2D eigenvalue weighted by Gasteiger charge is -2.01. The van der Waals surface area contributed by atoms with Gasteiger partial charge in [-0.15, -0.1) is 11.3 Å². The van der Waals surface area contributed by atoms with Gasteiger partial charge in [0, 0.05) is 16.3 Å². The number of carboxylic acids is 1. The lowest BCUT2D eigenvalue weighted by atomic mass is 10.3. The van der Waals surface area contributed by atoms with Crippen LogP contribution < -0.4 is 11.1 Å². The van der Waals surface area contributed by atoms with E-state index in [-0.39, 0.29) is 6.42 Å².